The van der Waals surface area contributed by atoms with E-state index in [1.807, 2.05) is 0 Å². The number of hydrogen-bond donors (Lipinski definition) is 0. The van der Waals surface area contributed by atoms with Crippen molar-refractivity contribution in [1.82, 2.24) is 4.90 Å². The number of carbonyl (C=O) groups is 2. The minimum atomic E-state index is -4.23. The third kappa shape index (κ3) is 5.09. The third-order valence-corrected chi connectivity index (χ3v) is 7.27. The summed E-state index contributed by atoms with van der Waals surface area (Å²) in [5.74, 6) is -0.736. The van der Waals surface area contributed by atoms with Gasteiger partial charge in [-0.25, -0.2) is 0 Å². The molecule has 184 valence electrons. The Labute approximate surface area is 210 Å². The highest BCUT2D eigenvalue weighted by Gasteiger charge is 2.36. The Bertz CT molecular complexity index is 1490. The van der Waals surface area contributed by atoms with Gasteiger partial charge in [0.25, 0.3) is 16.8 Å². The SMILES string of the molecule is COc1cccc(/C=C2\SC(=O)N(Cc3ccccc3[N+](=O)[O-])C2=O)c1OS(=O)(=O)c1ccccc1. The summed E-state index contributed by atoms with van der Waals surface area (Å²) < 4.78 is 36.3. The van der Waals surface area contributed by atoms with Crippen LogP contribution in [0.5, 0.6) is 11.5 Å². The van der Waals surface area contributed by atoms with Gasteiger partial charge in [-0.1, -0.05) is 48.5 Å². The summed E-state index contributed by atoms with van der Waals surface area (Å²) >= 11 is 0.630. The number of methoxy groups -OCH3 is 1. The molecule has 1 heterocycles. The van der Waals surface area contributed by atoms with Crippen LogP contribution in [0.15, 0.2) is 82.6 Å². The molecule has 0 radical (unpaired) electrons. The monoisotopic (exact) mass is 526 g/mol. The normalized spacial score (nSPS) is 14.8. The van der Waals surface area contributed by atoms with Crippen LogP contribution in [-0.4, -0.2) is 36.5 Å². The first-order valence-electron chi connectivity index (χ1n) is 10.4. The zero-order valence-corrected chi connectivity index (χ0v) is 20.3. The fourth-order valence-corrected chi connectivity index (χ4v) is 5.23. The van der Waals surface area contributed by atoms with Crippen molar-refractivity contribution in [3.63, 3.8) is 0 Å². The minimum Gasteiger partial charge on any atom is -0.493 e. The Morgan fingerprint density at radius 3 is 2.39 bits per heavy atom. The number of ether oxygens (including phenoxy) is 1. The lowest BCUT2D eigenvalue weighted by atomic mass is 10.1. The Morgan fingerprint density at radius 1 is 1.00 bits per heavy atom. The Hall–Kier alpha value is -4.16. The summed E-state index contributed by atoms with van der Waals surface area (Å²) in [5.41, 5.74) is 0.172. The molecule has 12 heteroatoms. The van der Waals surface area contributed by atoms with Gasteiger partial charge in [0.15, 0.2) is 11.5 Å². The topological polar surface area (TPSA) is 133 Å². The molecule has 2 amide bonds. The van der Waals surface area contributed by atoms with Crippen LogP contribution in [0, 0.1) is 10.1 Å². The second-order valence-electron chi connectivity index (χ2n) is 7.38. The number of carbonyl (C=O) groups excluding carboxylic acids is 2. The van der Waals surface area contributed by atoms with E-state index in [0.717, 1.165) is 4.90 Å². The number of para-hydroxylation sites is 2. The number of imide groups is 1. The Balaban J connectivity index is 1.67. The highest BCUT2D eigenvalue weighted by Crippen LogP contribution is 2.39. The summed E-state index contributed by atoms with van der Waals surface area (Å²) in [6, 6.07) is 17.9. The molecule has 0 N–H and O–H groups in total. The molecular weight excluding hydrogens is 508 g/mol. The fourth-order valence-electron chi connectivity index (χ4n) is 3.41. The number of rotatable bonds is 8. The van der Waals surface area contributed by atoms with Gasteiger partial charge in [-0.15, -0.1) is 0 Å². The molecule has 1 aliphatic heterocycles. The maximum absolute atomic E-state index is 13.0. The molecule has 3 aromatic rings. The maximum Gasteiger partial charge on any atom is 0.339 e. The molecule has 0 bridgehead atoms. The van der Waals surface area contributed by atoms with Gasteiger partial charge in [0, 0.05) is 17.2 Å². The van der Waals surface area contributed by atoms with Gasteiger partial charge in [0.05, 0.1) is 23.5 Å². The third-order valence-electron chi connectivity index (χ3n) is 5.13. The summed E-state index contributed by atoms with van der Waals surface area (Å²) in [6.45, 7) is -0.289. The first kappa shape index (κ1) is 24.9. The average molecular weight is 527 g/mol. The summed E-state index contributed by atoms with van der Waals surface area (Å²) in [4.78, 5) is 37.2. The van der Waals surface area contributed by atoms with Crippen molar-refractivity contribution >= 4 is 44.8 Å². The summed E-state index contributed by atoms with van der Waals surface area (Å²) in [7, 11) is -2.90. The number of amides is 2. The van der Waals surface area contributed by atoms with Gasteiger partial charge < -0.3 is 8.92 Å². The highest BCUT2D eigenvalue weighted by molar-refractivity contribution is 8.18. The van der Waals surface area contributed by atoms with E-state index in [1.165, 1.54) is 55.7 Å². The van der Waals surface area contributed by atoms with Crippen molar-refractivity contribution < 1.29 is 31.9 Å². The number of nitro benzene ring substituents is 1. The molecule has 0 aliphatic carbocycles. The van der Waals surface area contributed by atoms with Crippen LogP contribution in [-0.2, 0) is 21.5 Å². The molecule has 0 spiro atoms. The van der Waals surface area contributed by atoms with E-state index in [0.29, 0.717) is 11.8 Å². The van der Waals surface area contributed by atoms with Crippen molar-refractivity contribution in [2.45, 2.75) is 11.4 Å². The molecule has 0 aromatic heterocycles. The number of nitrogens with zero attached hydrogens (tertiary/aromatic N) is 2. The van der Waals surface area contributed by atoms with Crippen LogP contribution in [0.1, 0.15) is 11.1 Å². The molecule has 36 heavy (non-hydrogen) atoms. The molecule has 0 saturated carbocycles. The zero-order chi connectivity index (χ0) is 25.9. The minimum absolute atomic E-state index is 0.00574. The van der Waals surface area contributed by atoms with E-state index in [1.54, 1.807) is 30.3 Å². The first-order valence-corrected chi connectivity index (χ1v) is 12.6. The molecule has 0 atom stereocenters. The van der Waals surface area contributed by atoms with E-state index in [4.69, 9.17) is 8.92 Å². The van der Waals surface area contributed by atoms with Crippen LogP contribution in [0.4, 0.5) is 10.5 Å². The van der Waals surface area contributed by atoms with Crippen LogP contribution in [0.2, 0.25) is 0 Å². The van der Waals surface area contributed by atoms with Gasteiger partial charge >= 0.3 is 10.1 Å². The molecule has 10 nitrogen and oxygen atoms in total. The van der Waals surface area contributed by atoms with Gasteiger partial charge in [-0.2, -0.15) is 8.42 Å². The van der Waals surface area contributed by atoms with Crippen LogP contribution in [0.3, 0.4) is 0 Å². The van der Waals surface area contributed by atoms with Gasteiger partial charge in [0.1, 0.15) is 4.90 Å². The van der Waals surface area contributed by atoms with Crippen molar-refractivity contribution in [3.8, 4) is 11.5 Å². The number of benzene rings is 3. The predicted molar refractivity (Wildman–Crippen MR) is 132 cm³/mol. The lowest BCUT2D eigenvalue weighted by Crippen LogP contribution is -2.27. The molecule has 1 aliphatic rings. The lowest BCUT2D eigenvalue weighted by molar-refractivity contribution is -0.385. The van der Waals surface area contributed by atoms with E-state index < -0.39 is 26.2 Å². The molecular formula is C24H18N2O8S2. The lowest BCUT2D eigenvalue weighted by Gasteiger charge is -2.14. The molecule has 3 aromatic carbocycles. The number of hydrogen-bond acceptors (Lipinski definition) is 9. The molecule has 4 rings (SSSR count). The van der Waals surface area contributed by atoms with E-state index >= 15 is 0 Å². The van der Waals surface area contributed by atoms with Crippen LogP contribution < -0.4 is 8.92 Å². The summed E-state index contributed by atoms with van der Waals surface area (Å²) in [6.07, 6.45) is 1.32. The fraction of sp³-hybridized carbons (Fsp3) is 0.0833. The van der Waals surface area contributed by atoms with Crippen LogP contribution in [0.25, 0.3) is 6.08 Å². The second kappa shape index (κ2) is 10.2. The second-order valence-corrected chi connectivity index (χ2v) is 9.92. The van der Waals surface area contributed by atoms with Gasteiger partial charge in [-0.3, -0.25) is 24.6 Å². The Kier molecular flexibility index (Phi) is 7.08. The van der Waals surface area contributed by atoms with Gasteiger partial charge in [-0.05, 0) is 36.0 Å². The predicted octanol–water partition coefficient (Wildman–Crippen LogP) is 4.61. The van der Waals surface area contributed by atoms with Crippen LogP contribution >= 0.6 is 11.8 Å². The zero-order valence-electron chi connectivity index (χ0n) is 18.7. The molecule has 0 unspecified atom stereocenters. The average Bonchev–Trinajstić information content (AvgIpc) is 3.13. The van der Waals surface area contributed by atoms with E-state index in [9.17, 15) is 28.1 Å². The van der Waals surface area contributed by atoms with E-state index in [2.05, 4.69) is 0 Å². The highest BCUT2D eigenvalue weighted by atomic mass is 32.2. The molecule has 1 saturated heterocycles. The first-order chi connectivity index (χ1) is 17.2. The van der Waals surface area contributed by atoms with Crippen molar-refractivity contribution in [3.05, 3.63) is 98.9 Å². The number of nitro groups is 1. The smallest absolute Gasteiger partial charge is 0.339 e. The quantitative estimate of drug-likeness (QED) is 0.179. The Morgan fingerprint density at radius 2 is 1.69 bits per heavy atom. The van der Waals surface area contributed by atoms with E-state index in [-0.39, 0.29) is 44.7 Å². The van der Waals surface area contributed by atoms with Crippen molar-refractivity contribution in [2.75, 3.05) is 7.11 Å². The largest absolute Gasteiger partial charge is 0.493 e. The van der Waals surface area contributed by atoms with Crippen molar-refractivity contribution in [1.29, 1.82) is 0 Å². The maximum atomic E-state index is 13.0. The number of thioether (sulfide) groups is 1. The molecule has 1 fully saturated rings. The summed E-state index contributed by atoms with van der Waals surface area (Å²) in [5, 5.41) is 10.7. The van der Waals surface area contributed by atoms with Crippen molar-refractivity contribution in [2.24, 2.45) is 0 Å². The van der Waals surface area contributed by atoms with Gasteiger partial charge in [0.2, 0.25) is 0 Å². The standard InChI is InChI=1S/C24H18N2O8S2/c1-33-20-13-7-9-16(22(20)34-36(31,32)18-10-3-2-4-11-18)14-21-23(27)25(24(28)35-21)15-17-8-5-6-12-19(17)26(29)30/h2-14H,15H2,1H3/b21-14-.